The van der Waals surface area contributed by atoms with Crippen molar-refractivity contribution in [2.75, 3.05) is 0 Å². The van der Waals surface area contributed by atoms with Crippen LogP contribution in [0.4, 0.5) is 0 Å². The van der Waals surface area contributed by atoms with Crippen LogP contribution in [0.15, 0.2) is 51.6 Å². The highest BCUT2D eigenvalue weighted by Gasteiger charge is 2.47. The monoisotopic (exact) mass is 478 g/mol. The van der Waals surface area contributed by atoms with Gasteiger partial charge in [0.05, 0.1) is 17.9 Å². The number of hydrogen-bond donors (Lipinski definition) is 0. The first-order valence-electron chi connectivity index (χ1n) is 10.9. The quantitative estimate of drug-likeness (QED) is 0.137. The smallest absolute Gasteiger partial charge is 0.358 e. The Morgan fingerprint density at radius 1 is 1.06 bits per heavy atom. The molecule has 10 heteroatoms. The maximum Gasteiger partial charge on any atom is 0.358 e. The van der Waals surface area contributed by atoms with Crippen LogP contribution in [-0.2, 0) is 18.8 Å². The molecule has 1 aliphatic carbocycles. The molecule has 0 unspecified atom stereocenters. The van der Waals surface area contributed by atoms with E-state index < -0.39 is 30.6 Å². The van der Waals surface area contributed by atoms with Crippen LogP contribution in [0, 0.1) is 6.92 Å². The van der Waals surface area contributed by atoms with Crippen molar-refractivity contribution < 1.29 is 17.1 Å². The van der Waals surface area contributed by atoms with Gasteiger partial charge in [-0.15, -0.1) is 0 Å². The number of rotatable bonds is 9. The minimum atomic E-state index is -4.03. The van der Waals surface area contributed by atoms with Crippen LogP contribution in [-0.4, -0.2) is 34.6 Å². The van der Waals surface area contributed by atoms with Crippen molar-refractivity contribution in [3.8, 4) is 0 Å². The summed E-state index contributed by atoms with van der Waals surface area (Å²) in [6, 6.07) is 5.80. The lowest BCUT2D eigenvalue weighted by molar-refractivity contribution is 0.187. The van der Waals surface area contributed by atoms with E-state index in [9.17, 15) is 8.42 Å². The van der Waals surface area contributed by atoms with Gasteiger partial charge in [-0.2, -0.15) is 8.42 Å². The minimum absolute atomic E-state index is 0.0293. The highest BCUT2D eigenvalue weighted by atomic mass is 32.2. The topological polar surface area (TPSA) is 114 Å². The van der Waals surface area contributed by atoms with E-state index in [4.69, 9.17) is 14.2 Å². The molecular formula is C22H34N4O4SSi. The Morgan fingerprint density at radius 2 is 1.62 bits per heavy atom. The number of nitrogens with zero attached hydrogens (tertiary/aromatic N) is 4. The van der Waals surface area contributed by atoms with Gasteiger partial charge in [0.2, 0.25) is 8.32 Å². The van der Waals surface area contributed by atoms with Crippen molar-refractivity contribution in [3.05, 3.63) is 52.4 Å². The van der Waals surface area contributed by atoms with Crippen LogP contribution in [0.5, 0.6) is 0 Å². The molecule has 176 valence electrons. The second kappa shape index (κ2) is 10.7. The summed E-state index contributed by atoms with van der Waals surface area (Å²) in [5, 5.41) is 7.77. The molecule has 0 heterocycles. The van der Waals surface area contributed by atoms with Gasteiger partial charge in [-0.25, -0.2) is 0 Å². The fraction of sp³-hybridized carbons (Fsp3) is 0.591. The molecule has 1 aromatic carbocycles. The largest absolute Gasteiger partial charge is 0.409 e. The van der Waals surface area contributed by atoms with E-state index in [0.717, 1.165) is 5.56 Å². The van der Waals surface area contributed by atoms with Crippen molar-refractivity contribution in [3.63, 3.8) is 0 Å². The normalized spacial score (nSPS) is 20.8. The third kappa shape index (κ3) is 5.80. The first-order valence-corrected chi connectivity index (χ1v) is 14.5. The maximum atomic E-state index is 12.4. The Hall–Kier alpha value is -2.13. The number of aryl methyl sites for hydroxylation is 1. The molecule has 0 aromatic heterocycles. The van der Waals surface area contributed by atoms with Crippen molar-refractivity contribution in [2.45, 2.75) is 88.6 Å². The Morgan fingerprint density at radius 3 is 2.12 bits per heavy atom. The molecule has 0 fully saturated rings. The molecule has 1 aromatic rings. The lowest BCUT2D eigenvalue weighted by Crippen LogP contribution is -2.52. The third-order valence-corrected chi connectivity index (χ3v) is 13.3. The lowest BCUT2D eigenvalue weighted by atomic mass is 9.98. The minimum Gasteiger partial charge on any atom is -0.409 e. The van der Waals surface area contributed by atoms with E-state index in [1.807, 2.05) is 6.92 Å². The summed E-state index contributed by atoms with van der Waals surface area (Å²) < 4.78 is 36.5. The fourth-order valence-electron chi connectivity index (χ4n) is 4.58. The van der Waals surface area contributed by atoms with Gasteiger partial charge >= 0.3 is 10.1 Å². The molecule has 32 heavy (non-hydrogen) atoms. The molecule has 0 amide bonds. The summed E-state index contributed by atoms with van der Waals surface area (Å²) in [4.78, 5) is 3.02. The predicted octanol–water partition coefficient (Wildman–Crippen LogP) is 6.26. The molecule has 0 radical (unpaired) electrons. The van der Waals surface area contributed by atoms with Gasteiger partial charge in [0, 0.05) is 11.3 Å². The average Bonchev–Trinajstić information content (AvgIpc) is 2.71. The summed E-state index contributed by atoms with van der Waals surface area (Å²) in [5.74, 6) is 0. The van der Waals surface area contributed by atoms with Gasteiger partial charge in [-0.3, -0.25) is 4.28 Å². The Bertz CT molecular complexity index is 975. The lowest BCUT2D eigenvalue weighted by Gasteiger charge is -2.45. The highest BCUT2D eigenvalue weighted by molar-refractivity contribution is 7.86. The van der Waals surface area contributed by atoms with Crippen molar-refractivity contribution >= 4 is 24.1 Å². The third-order valence-electron chi connectivity index (χ3n) is 6.09. The van der Waals surface area contributed by atoms with Crippen molar-refractivity contribution in [1.82, 2.24) is 0 Å². The molecular weight excluding hydrogens is 444 g/mol. The van der Waals surface area contributed by atoms with Gasteiger partial charge in [0.15, 0.2) is 0 Å². The zero-order valence-electron chi connectivity index (χ0n) is 19.9. The summed E-state index contributed by atoms with van der Waals surface area (Å²) in [7, 11) is -6.24. The Balaban J connectivity index is 2.29. The van der Waals surface area contributed by atoms with Crippen LogP contribution >= 0.6 is 0 Å². The molecule has 2 rings (SSSR count). The van der Waals surface area contributed by atoms with Crippen LogP contribution in [0.3, 0.4) is 0 Å². The second-order valence-corrected chi connectivity index (χ2v) is 16.1. The zero-order valence-corrected chi connectivity index (χ0v) is 21.7. The number of oxime groups is 1. The average molecular weight is 479 g/mol. The summed E-state index contributed by atoms with van der Waals surface area (Å²) in [6.45, 7) is 15.0. The van der Waals surface area contributed by atoms with Crippen molar-refractivity contribution in [1.29, 1.82) is 0 Å². The zero-order chi connectivity index (χ0) is 24.1. The van der Waals surface area contributed by atoms with Crippen molar-refractivity contribution in [2.24, 2.45) is 10.3 Å². The van der Waals surface area contributed by atoms with Gasteiger partial charge in [-0.1, -0.05) is 75.6 Å². The summed E-state index contributed by atoms with van der Waals surface area (Å²) in [6.07, 6.45) is 3.34. The molecule has 2 atom stereocenters. The SMILES string of the molecule is Cc1ccc(S(=O)(=O)O/N=C2/C=C[C@@H](O[Si](C(C)C)(C(C)C)C(C)C)[C@H](N=[N+]=[N-])C2)cc1. The molecule has 0 bridgehead atoms. The number of benzene rings is 1. The molecule has 0 N–H and O–H groups in total. The van der Waals surface area contributed by atoms with E-state index in [1.54, 1.807) is 24.3 Å². The fourth-order valence-corrected chi connectivity index (χ4v) is 10.9. The van der Waals surface area contributed by atoms with Crippen LogP contribution in [0.25, 0.3) is 10.4 Å². The molecule has 0 saturated heterocycles. The summed E-state index contributed by atoms with van der Waals surface area (Å²) >= 11 is 0. The standard InChI is InChI=1S/C22H34N4O4SSi/c1-15(2)32(16(3)4,17(5)6)29-22-13-10-19(14-21(22)24-26-23)25-30-31(27,28)20-11-8-18(7)9-12-20/h8-13,15-17,21-22H,14H2,1-7H3/b25-19-/t21-,22-/m1/s1. The van der Waals surface area contributed by atoms with Gasteiger partial charge in [0.1, 0.15) is 4.90 Å². The van der Waals surface area contributed by atoms with Gasteiger partial charge < -0.3 is 4.43 Å². The van der Waals surface area contributed by atoms with Gasteiger partial charge in [0.25, 0.3) is 0 Å². The van der Waals surface area contributed by atoms with Crippen LogP contribution in [0.1, 0.15) is 53.5 Å². The van der Waals surface area contributed by atoms with Crippen LogP contribution < -0.4 is 0 Å². The first-order chi connectivity index (χ1) is 14.9. The van der Waals surface area contributed by atoms with E-state index >= 15 is 0 Å². The molecule has 0 saturated carbocycles. The molecule has 8 nitrogen and oxygen atoms in total. The molecule has 0 aliphatic heterocycles. The Labute approximate surface area is 192 Å². The van der Waals surface area contributed by atoms with E-state index in [1.165, 1.54) is 12.1 Å². The first kappa shape index (κ1) is 26.1. The second-order valence-electron chi connectivity index (χ2n) is 9.16. The number of allylic oxidation sites excluding steroid dienone is 1. The van der Waals surface area contributed by atoms with E-state index in [-0.39, 0.29) is 11.3 Å². The van der Waals surface area contributed by atoms with Gasteiger partial charge in [-0.05, 0) is 47.3 Å². The number of hydrogen-bond acceptors (Lipinski definition) is 6. The highest BCUT2D eigenvalue weighted by Crippen LogP contribution is 2.44. The van der Waals surface area contributed by atoms with E-state index in [0.29, 0.717) is 22.3 Å². The summed E-state index contributed by atoms with van der Waals surface area (Å²) in [5.41, 5.74) is 11.5. The molecule has 1 aliphatic rings. The predicted molar refractivity (Wildman–Crippen MR) is 129 cm³/mol. The maximum absolute atomic E-state index is 12.4. The van der Waals surface area contributed by atoms with Crippen LogP contribution in [0.2, 0.25) is 16.6 Å². The molecule has 0 spiro atoms. The Kier molecular flexibility index (Phi) is 8.70. The van der Waals surface area contributed by atoms with E-state index in [2.05, 4.69) is 56.7 Å². The number of azide groups is 1.